The van der Waals surface area contributed by atoms with E-state index in [1.54, 1.807) is 7.11 Å². The molecule has 0 aromatic heterocycles. The number of methoxy groups -OCH3 is 1. The number of benzene rings is 2. The molecule has 35 heavy (non-hydrogen) atoms. The number of rotatable bonds is 8. The molecule has 1 N–H and O–H groups in total. The van der Waals surface area contributed by atoms with Crippen molar-refractivity contribution < 1.29 is 9.53 Å². The van der Waals surface area contributed by atoms with E-state index in [1.165, 1.54) is 30.4 Å². The zero-order chi connectivity index (χ0) is 24.2. The molecule has 5 rings (SSSR count). The highest BCUT2D eigenvalue weighted by atomic mass is 16.5. The van der Waals surface area contributed by atoms with Gasteiger partial charge in [-0.3, -0.25) is 20.0 Å². The van der Waals surface area contributed by atoms with E-state index in [0.717, 1.165) is 51.3 Å². The lowest BCUT2D eigenvalue weighted by atomic mass is 9.94. The Morgan fingerprint density at radius 2 is 1.83 bits per heavy atom. The van der Waals surface area contributed by atoms with Crippen LogP contribution < -0.4 is 10.2 Å². The van der Waals surface area contributed by atoms with E-state index in [-0.39, 0.29) is 11.9 Å². The molecule has 3 aliphatic heterocycles. The van der Waals surface area contributed by atoms with Crippen LogP contribution in [0.2, 0.25) is 0 Å². The quantitative estimate of drug-likeness (QED) is 0.580. The number of amides is 1. The number of hydrazine groups is 1. The average molecular weight is 475 g/mol. The first-order chi connectivity index (χ1) is 17.2. The van der Waals surface area contributed by atoms with Crippen molar-refractivity contribution in [2.75, 3.05) is 39.8 Å². The van der Waals surface area contributed by atoms with E-state index in [2.05, 4.69) is 52.1 Å². The first-order valence-electron chi connectivity index (χ1n) is 13.1. The molecule has 6 heteroatoms. The van der Waals surface area contributed by atoms with Gasteiger partial charge in [0.05, 0.1) is 13.2 Å². The molecule has 2 aromatic carbocycles. The van der Waals surface area contributed by atoms with E-state index in [1.807, 2.05) is 29.3 Å². The Kier molecular flexibility index (Phi) is 7.51. The zero-order valence-electron chi connectivity index (χ0n) is 20.9. The van der Waals surface area contributed by atoms with E-state index in [0.29, 0.717) is 17.6 Å². The number of ether oxygens (including phenoxy) is 1. The lowest BCUT2D eigenvalue weighted by molar-refractivity contribution is 0.0826. The van der Waals surface area contributed by atoms with Crippen LogP contribution in [-0.4, -0.2) is 72.6 Å². The standard InChI is InChI=1S/C29H38N4O2/c1-3-16-33-25-13-14-26(33)21-31(19-15-25)28(24-7-6-8-27(20-24)35-2)22-9-11-23(12-10-22)29(34)30-32-17-4-5-18-32/h3,6-12,20,25-26,28H,1,4-5,13-19,21H2,2H3,(H,30,34). The van der Waals surface area contributed by atoms with Crippen molar-refractivity contribution in [1.82, 2.24) is 20.2 Å². The lowest BCUT2D eigenvalue weighted by Gasteiger charge is -2.34. The summed E-state index contributed by atoms with van der Waals surface area (Å²) in [6.07, 6.45) is 8.03. The highest BCUT2D eigenvalue weighted by Crippen LogP contribution is 2.37. The summed E-state index contributed by atoms with van der Waals surface area (Å²) >= 11 is 0. The SMILES string of the molecule is C=CCN1C2CCC1CN(C(c1ccc(C(=O)NN3CCCC3)cc1)c1cccc(OC)c1)CC2. The predicted octanol–water partition coefficient (Wildman–Crippen LogP) is 4.25. The normalized spacial score (nSPS) is 24.1. The van der Waals surface area contributed by atoms with Gasteiger partial charge in [0.1, 0.15) is 5.75 Å². The number of carbonyl (C=O) groups excluding carboxylic acids is 1. The maximum atomic E-state index is 12.8. The number of nitrogens with one attached hydrogen (secondary N) is 1. The van der Waals surface area contributed by atoms with Gasteiger partial charge in [-0.25, -0.2) is 5.01 Å². The topological polar surface area (TPSA) is 48.0 Å². The van der Waals surface area contributed by atoms with Gasteiger partial charge < -0.3 is 4.74 Å². The molecule has 186 valence electrons. The molecule has 0 spiro atoms. The molecule has 2 aromatic rings. The number of carbonyl (C=O) groups is 1. The second-order valence-corrected chi connectivity index (χ2v) is 10.1. The van der Waals surface area contributed by atoms with Crippen LogP contribution in [0.15, 0.2) is 61.2 Å². The third-order valence-electron chi connectivity index (χ3n) is 7.93. The minimum atomic E-state index is -0.0245. The van der Waals surface area contributed by atoms with Crippen LogP contribution in [0, 0.1) is 0 Å². The molecule has 3 aliphatic rings. The van der Waals surface area contributed by atoms with Crippen molar-refractivity contribution in [1.29, 1.82) is 0 Å². The summed E-state index contributed by atoms with van der Waals surface area (Å²) in [6.45, 7) is 8.91. The van der Waals surface area contributed by atoms with Gasteiger partial charge in [-0.15, -0.1) is 6.58 Å². The summed E-state index contributed by atoms with van der Waals surface area (Å²) in [5.74, 6) is 0.849. The van der Waals surface area contributed by atoms with E-state index < -0.39 is 0 Å². The van der Waals surface area contributed by atoms with Gasteiger partial charge in [0.25, 0.3) is 5.91 Å². The first kappa shape index (κ1) is 24.0. The molecule has 0 saturated carbocycles. The molecular weight excluding hydrogens is 436 g/mol. The molecule has 3 unspecified atom stereocenters. The second kappa shape index (κ2) is 10.9. The summed E-state index contributed by atoms with van der Waals surface area (Å²) in [5.41, 5.74) is 6.20. The zero-order valence-corrected chi connectivity index (χ0v) is 20.9. The van der Waals surface area contributed by atoms with Crippen LogP contribution in [0.3, 0.4) is 0 Å². The fraction of sp³-hybridized carbons (Fsp3) is 0.483. The van der Waals surface area contributed by atoms with Crippen molar-refractivity contribution in [2.45, 2.75) is 50.2 Å². The van der Waals surface area contributed by atoms with Gasteiger partial charge in [-0.1, -0.05) is 30.3 Å². The van der Waals surface area contributed by atoms with Crippen LogP contribution in [-0.2, 0) is 0 Å². The van der Waals surface area contributed by atoms with E-state index in [9.17, 15) is 4.79 Å². The molecule has 1 amide bonds. The van der Waals surface area contributed by atoms with Gasteiger partial charge in [0.15, 0.2) is 0 Å². The Balaban J connectivity index is 1.42. The highest BCUT2D eigenvalue weighted by molar-refractivity contribution is 5.93. The minimum Gasteiger partial charge on any atom is -0.497 e. The van der Waals surface area contributed by atoms with Crippen molar-refractivity contribution >= 4 is 5.91 Å². The number of nitrogens with zero attached hydrogens (tertiary/aromatic N) is 3. The largest absolute Gasteiger partial charge is 0.497 e. The second-order valence-electron chi connectivity index (χ2n) is 10.1. The average Bonchev–Trinajstić information content (AvgIpc) is 3.48. The fourth-order valence-corrected chi connectivity index (χ4v) is 6.16. The monoisotopic (exact) mass is 474 g/mol. The number of likely N-dealkylation sites (tertiary alicyclic amines) is 1. The van der Waals surface area contributed by atoms with Crippen molar-refractivity contribution in [3.8, 4) is 5.75 Å². The molecule has 0 aliphatic carbocycles. The lowest BCUT2D eigenvalue weighted by Crippen LogP contribution is -2.40. The van der Waals surface area contributed by atoms with E-state index in [4.69, 9.17) is 4.74 Å². The third-order valence-corrected chi connectivity index (χ3v) is 7.93. The Morgan fingerprint density at radius 1 is 1.06 bits per heavy atom. The Hall–Kier alpha value is -2.67. The van der Waals surface area contributed by atoms with E-state index >= 15 is 0 Å². The summed E-state index contributed by atoms with van der Waals surface area (Å²) in [7, 11) is 1.72. The maximum Gasteiger partial charge on any atom is 0.265 e. The molecule has 3 saturated heterocycles. The van der Waals surface area contributed by atoms with Gasteiger partial charge in [0, 0.05) is 50.4 Å². The van der Waals surface area contributed by atoms with Crippen molar-refractivity contribution in [3.05, 3.63) is 77.9 Å². The third kappa shape index (κ3) is 5.30. The highest BCUT2D eigenvalue weighted by Gasteiger charge is 2.38. The van der Waals surface area contributed by atoms with Gasteiger partial charge in [-0.2, -0.15) is 0 Å². The molecule has 6 nitrogen and oxygen atoms in total. The van der Waals surface area contributed by atoms with Crippen LogP contribution >= 0.6 is 0 Å². The molecule has 3 atom stereocenters. The Morgan fingerprint density at radius 3 is 2.57 bits per heavy atom. The summed E-state index contributed by atoms with van der Waals surface area (Å²) in [5, 5.41) is 2.02. The van der Waals surface area contributed by atoms with Gasteiger partial charge in [0.2, 0.25) is 0 Å². The summed E-state index contributed by atoms with van der Waals surface area (Å²) < 4.78 is 5.57. The Labute approximate surface area is 209 Å². The van der Waals surface area contributed by atoms with Crippen molar-refractivity contribution in [3.63, 3.8) is 0 Å². The summed E-state index contributed by atoms with van der Waals surface area (Å²) in [6, 6.07) is 18.0. The maximum absolute atomic E-state index is 12.8. The predicted molar refractivity (Wildman–Crippen MR) is 139 cm³/mol. The molecule has 0 radical (unpaired) electrons. The number of hydrogen-bond donors (Lipinski definition) is 1. The Bertz CT molecular complexity index is 1020. The van der Waals surface area contributed by atoms with Crippen LogP contribution in [0.4, 0.5) is 0 Å². The van der Waals surface area contributed by atoms with Crippen LogP contribution in [0.5, 0.6) is 5.75 Å². The smallest absolute Gasteiger partial charge is 0.265 e. The minimum absolute atomic E-state index is 0.0245. The van der Waals surface area contributed by atoms with Gasteiger partial charge >= 0.3 is 0 Å². The van der Waals surface area contributed by atoms with Crippen LogP contribution in [0.25, 0.3) is 0 Å². The molecular formula is C29H38N4O2. The van der Waals surface area contributed by atoms with Gasteiger partial charge in [-0.05, 0) is 67.5 Å². The molecule has 2 bridgehead atoms. The van der Waals surface area contributed by atoms with Crippen LogP contribution in [0.1, 0.15) is 59.6 Å². The first-order valence-corrected chi connectivity index (χ1v) is 13.1. The fourth-order valence-electron chi connectivity index (χ4n) is 6.16. The molecule has 3 fully saturated rings. The number of hydrogen-bond acceptors (Lipinski definition) is 5. The number of fused-ring (bicyclic) bond motifs is 2. The van der Waals surface area contributed by atoms with Crippen molar-refractivity contribution in [2.24, 2.45) is 0 Å². The molecule has 3 heterocycles. The summed E-state index contributed by atoms with van der Waals surface area (Å²) in [4.78, 5) is 18.1.